The third-order valence-corrected chi connectivity index (χ3v) is 3.46. The van der Waals surface area contributed by atoms with Crippen molar-refractivity contribution in [3.63, 3.8) is 0 Å². The van der Waals surface area contributed by atoms with Crippen molar-refractivity contribution in [2.24, 2.45) is 0 Å². The normalized spacial score (nSPS) is 10.5. The van der Waals surface area contributed by atoms with Crippen molar-refractivity contribution in [2.45, 2.75) is 0 Å². The second-order valence-electron chi connectivity index (χ2n) is 3.35. The first-order valence-corrected chi connectivity index (χ1v) is 6.64. The molecule has 18 heavy (non-hydrogen) atoms. The Morgan fingerprint density at radius 2 is 1.11 bits per heavy atom. The molecule has 94 valence electrons. The van der Waals surface area contributed by atoms with Gasteiger partial charge in [-0.15, -0.1) is 0 Å². The van der Waals surface area contributed by atoms with Crippen LogP contribution in [0.4, 0.5) is 0 Å². The average Bonchev–Trinajstić information content (AvgIpc) is 2.26. The molecule has 0 unspecified atom stereocenters. The molecular weight excluding hydrogens is 337 g/mol. The van der Waals surface area contributed by atoms with Gasteiger partial charge in [-0.25, -0.2) is 0 Å². The van der Waals surface area contributed by atoms with Crippen LogP contribution in [0.5, 0.6) is 11.5 Å². The van der Waals surface area contributed by atoms with E-state index in [1.165, 1.54) is 12.1 Å². The van der Waals surface area contributed by atoms with E-state index in [-0.39, 0.29) is 15.8 Å². The predicted molar refractivity (Wildman–Crippen MR) is 78.0 cm³/mol. The van der Waals surface area contributed by atoms with E-state index in [1.807, 2.05) is 0 Å². The lowest BCUT2D eigenvalue weighted by Crippen LogP contribution is -1.89. The van der Waals surface area contributed by atoms with Crippen molar-refractivity contribution in [1.29, 1.82) is 0 Å². The summed E-state index contributed by atoms with van der Waals surface area (Å²) < 4.78 is 5.57. The van der Waals surface area contributed by atoms with Crippen molar-refractivity contribution in [1.82, 2.24) is 0 Å². The molecule has 2 rings (SSSR count). The molecule has 0 aliphatic heterocycles. The molecule has 0 bridgehead atoms. The van der Waals surface area contributed by atoms with E-state index in [0.717, 1.165) is 0 Å². The molecule has 2 aromatic rings. The number of hydrogen-bond donors (Lipinski definition) is 0. The Morgan fingerprint density at radius 1 is 0.667 bits per heavy atom. The molecule has 0 aliphatic carbocycles. The van der Waals surface area contributed by atoms with Crippen LogP contribution in [0.15, 0.2) is 30.3 Å². The van der Waals surface area contributed by atoms with Gasteiger partial charge in [0.15, 0.2) is 11.5 Å². The summed E-state index contributed by atoms with van der Waals surface area (Å²) >= 11 is 29.8. The second-order valence-corrected chi connectivity index (χ2v) is 5.42. The molecule has 0 saturated heterocycles. The average molecular weight is 342 g/mol. The SMILES string of the molecule is Clc1cc(Cl)c(Oc2c(Cl)cccc2Cl)c(Cl)c1. The maximum atomic E-state index is 6.01. The van der Waals surface area contributed by atoms with E-state index in [2.05, 4.69) is 0 Å². The van der Waals surface area contributed by atoms with Crippen LogP contribution in [0.25, 0.3) is 0 Å². The van der Waals surface area contributed by atoms with Crippen LogP contribution in [-0.4, -0.2) is 0 Å². The molecule has 0 aromatic heterocycles. The van der Waals surface area contributed by atoms with Gasteiger partial charge in [-0.3, -0.25) is 0 Å². The minimum absolute atomic E-state index is 0.262. The Hall–Kier alpha value is -0.310. The maximum Gasteiger partial charge on any atom is 0.164 e. The molecule has 0 spiro atoms. The summed E-state index contributed by atoms with van der Waals surface area (Å²) in [4.78, 5) is 0. The van der Waals surface area contributed by atoms with Gasteiger partial charge in [-0.05, 0) is 24.3 Å². The minimum atomic E-state index is 0.262. The quantitative estimate of drug-likeness (QED) is 0.587. The van der Waals surface area contributed by atoms with Gasteiger partial charge in [0, 0.05) is 5.02 Å². The van der Waals surface area contributed by atoms with Crippen LogP contribution < -0.4 is 4.74 Å². The number of hydrogen-bond acceptors (Lipinski definition) is 1. The molecular formula is C12H5Cl5O. The third kappa shape index (κ3) is 2.98. The van der Waals surface area contributed by atoms with Crippen molar-refractivity contribution in [2.75, 3.05) is 0 Å². The van der Waals surface area contributed by atoms with E-state index < -0.39 is 0 Å². The third-order valence-electron chi connectivity index (χ3n) is 2.09. The van der Waals surface area contributed by atoms with E-state index in [1.54, 1.807) is 18.2 Å². The fourth-order valence-electron chi connectivity index (χ4n) is 1.31. The fraction of sp³-hybridized carbons (Fsp3) is 0. The van der Waals surface area contributed by atoms with E-state index in [4.69, 9.17) is 62.7 Å². The summed E-state index contributed by atoms with van der Waals surface area (Å²) in [5.74, 6) is 0.560. The summed E-state index contributed by atoms with van der Waals surface area (Å²) in [6.07, 6.45) is 0. The molecule has 0 saturated carbocycles. The van der Waals surface area contributed by atoms with Crippen LogP contribution in [0.3, 0.4) is 0 Å². The lowest BCUT2D eigenvalue weighted by Gasteiger charge is -2.12. The van der Waals surface area contributed by atoms with Crippen LogP contribution in [0, 0.1) is 0 Å². The first-order valence-electron chi connectivity index (χ1n) is 4.75. The zero-order valence-electron chi connectivity index (χ0n) is 8.68. The number of benzene rings is 2. The van der Waals surface area contributed by atoms with Crippen LogP contribution in [0.1, 0.15) is 0 Å². The van der Waals surface area contributed by atoms with Gasteiger partial charge in [0.2, 0.25) is 0 Å². The lowest BCUT2D eigenvalue weighted by molar-refractivity contribution is 0.483. The van der Waals surface area contributed by atoms with Crippen LogP contribution >= 0.6 is 58.0 Å². The van der Waals surface area contributed by atoms with Gasteiger partial charge in [0.05, 0.1) is 20.1 Å². The molecule has 0 atom stereocenters. The Bertz CT molecular complexity index is 554. The molecule has 2 aromatic carbocycles. The summed E-state index contributed by atoms with van der Waals surface area (Å²) in [6, 6.07) is 8.06. The van der Waals surface area contributed by atoms with E-state index in [9.17, 15) is 0 Å². The molecule has 0 amide bonds. The van der Waals surface area contributed by atoms with Gasteiger partial charge >= 0.3 is 0 Å². The molecule has 0 N–H and O–H groups in total. The van der Waals surface area contributed by atoms with E-state index in [0.29, 0.717) is 20.8 Å². The maximum absolute atomic E-state index is 6.01. The Kier molecular flexibility index (Phi) is 4.52. The van der Waals surface area contributed by atoms with Crippen molar-refractivity contribution in [3.05, 3.63) is 55.4 Å². The van der Waals surface area contributed by atoms with Crippen LogP contribution in [0.2, 0.25) is 25.1 Å². The van der Waals surface area contributed by atoms with E-state index >= 15 is 0 Å². The zero-order chi connectivity index (χ0) is 13.3. The minimum Gasteiger partial charge on any atom is -0.451 e. The van der Waals surface area contributed by atoms with Crippen molar-refractivity contribution >= 4 is 58.0 Å². The van der Waals surface area contributed by atoms with Gasteiger partial charge in [0.1, 0.15) is 0 Å². The summed E-state index contributed by atoms with van der Waals surface area (Å²) in [7, 11) is 0. The lowest BCUT2D eigenvalue weighted by atomic mass is 10.3. The number of ether oxygens (including phenoxy) is 1. The highest BCUT2D eigenvalue weighted by Crippen LogP contribution is 2.42. The molecule has 6 heteroatoms. The zero-order valence-corrected chi connectivity index (χ0v) is 12.5. The summed E-state index contributed by atoms with van der Waals surface area (Å²) in [5.41, 5.74) is 0. The molecule has 0 aliphatic rings. The highest BCUT2D eigenvalue weighted by atomic mass is 35.5. The van der Waals surface area contributed by atoms with Crippen molar-refractivity contribution in [3.8, 4) is 11.5 Å². The smallest absolute Gasteiger partial charge is 0.164 e. The first-order chi connectivity index (χ1) is 8.49. The topological polar surface area (TPSA) is 9.23 Å². The first kappa shape index (κ1) is 14.1. The number of rotatable bonds is 2. The monoisotopic (exact) mass is 340 g/mol. The molecule has 0 fully saturated rings. The standard InChI is InChI=1S/C12H5Cl5O/c13-6-4-9(16)12(10(17)5-6)18-11-7(14)2-1-3-8(11)15/h1-5H. The highest BCUT2D eigenvalue weighted by molar-refractivity contribution is 6.40. The summed E-state index contributed by atoms with van der Waals surface area (Å²) in [6.45, 7) is 0. The predicted octanol–water partition coefficient (Wildman–Crippen LogP) is 6.75. The van der Waals surface area contributed by atoms with Crippen LogP contribution in [-0.2, 0) is 0 Å². The second kappa shape index (κ2) is 5.77. The Balaban J connectivity index is 2.47. The van der Waals surface area contributed by atoms with Crippen molar-refractivity contribution < 1.29 is 4.74 Å². The fourth-order valence-corrected chi connectivity index (χ4v) is 2.68. The van der Waals surface area contributed by atoms with Gasteiger partial charge < -0.3 is 4.74 Å². The number of halogens is 5. The number of para-hydroxylation sites is 1. The molecule has 0 heterocycles. The Labute approximate surface area is 129 Å². The van der Waals surface area contributed by atoms with Gasteiger partial charge in [0.25, 0.3) is 0 Å². The molecule has 0 radical (unpaired) electrons. The highest BCUT2D eigenvalue weighted by Gasteiger charge is 2.14. The summed E-state index contributed by atoms with van der Waals surface area (Å²) in [5, 5.41) is 1.71. The molecule has 1 nitrogen and oxygen atoms in total. The van der Waals surface area contributed by atoms with Gasteiger partial charge in [-0.1, -0.05) is 64.1 Å². The van der Waals surface area contributed by atoms with Gasteiger partial charge in [-0.2, -0.15) is 0 Å². The Morgan fingerprint density at radius 3 is 1.61 bits per heavy atom. The largest absolute Gasteiger partial charge is 0.451 e.